The van der Waals surface area contributed by atoms with Gasteiger partial charge in [0.25, 0.3) is 5.91 Å². The van der Waals surface area contributed by atoms with Gasteiger partial charge >= 0.3 is 6.03 Å². The van der Waals surface area contributed by atoms with Gasteiger partial charge in [-0.3, -0.25) is 19.8 Å². The molecule has 2 N–H and O–H groups in total. The molecule has 1 aromatic heterocycles. The maximum absolute atomic E-state index is 13.0. The summed E-state index contributed by atoms with van der Waals surface area (Å²) in [5.74, 6) is -0.217. The molecule has 1 saturated carbocycles. The Hall–Kier alpha value is -2.03. The van der Waals surface area contributed by atoms with Gasteiger partial charge in [0, 0.05) is 5.92 Å². The highest BCUT2D eigenvalue weighted by molar-refractivity contribution is 7.15. The van der Waals surface area contributed by atoms with Gasteiger partial charge in [-0.15, -0.1) is 10.2 Å². The summed E-state index contributed by atoms with van der Waals surface area (Å²) in [5.41, 5.74) is -0.940. The lowest BCUT2D eigenvalue weighted by atomic mass is 9.64. The van der Waals surface area contributed by atoms with Crippen LogP contribution in [0.4, 0.5) is 9.93 Å². The number of nitrogens with zero attached hydrogens (tertiary/aromatic N) is 3. The minimum Gasteiger partial charge on any atom is -0.323 e. The Morgan fingerprint density at radius 1 is 1.33 bits per heavy atom. The van der Waals surface area contributed by atoms with Crippen molar-refractivity contribution in [3.63, 3.8) is 0 Å². The molecule has 2 heterocycles. The quantitative estimate of drug-likeness (QED) is 0.766. The van der Waals surface area contributed by atoms with E-state index in [1.807, 2.05) is 13.8 Å². The first-order valence-electron chi connectivity index (χ1n) is 9.29. The third-order valence-corrected chi connectivity index (χ3v) is 6.25. The van der Waals surface area contributed by atoms with Crippen LogP contribution in [0.2, 0.25) is 0 Å². The van der Waals surface area contributed by atoms with E-state index in [9.17, 15) is 14.4 Å². The molecular weight excluding hydrogens is 366 g/mol. The highest BCUT2D eigenvalue weighted by Gasteiger charge is 2.56. The van der Waals surface area contributed by atoms with Gasteiger partial charge in [0.15, 0.2) is 0 Å². The molecule has 2 aliphatic rings. The van der Waals surface area contributed by atoms with E-state index in [1.54, 1.807) is 0 Å². The summed E-state index contributed by atoms with van der Waals surface area (Å²) in [4.78, 5) is 38.9. The molecule has 1 saturated heterocycles. The first-order chi connectivity index (χ1) is 12.5. The zero-order valence-corrected chi connectivity index (χ0v) is 17.3. The first-order valence-corrected chi connectivity index (χ1v) is 10.1. The molecular formula is C18H27N5O3S. The molecule has 2 unspecified atom stereocenters. The van der Waals surface area contributed by atoms with Gasteiger partial charge in [-0.25, -0.2) is 4.79 Å². The topological polar surface area (TPSA) is 104 Å². The van der Waals surface area contributed by atoms with E-state index >= 15 is 0 Å². The normalized spacial score (nSPS) is 27.3. The van der Waals surface area contributed by atoms with Crippen LogP contribution in [-0.4, -0.2) is 45.0 Å². The Bertz CT molecular complexity index is 775. The van der Waals surface area contributed by atoms with Crippen molar-refractivity contribution in [2.75, 3.05) is 11.9 Å². The number of carbonyl (C=O) groups excluding carboxylic acids is 3. The average Bonchev–Trinajstić information content (AvgIpc) is 3.05. The number of rotatable bonds is 4. The highest BCUT2D eigenvalue weighted by atomic mass is 32.1. The number of nitrogens with one attached hydrogen (secondary N) is 2. The van der Waals surface area contributed by atoms with Crippen molar-refractivity contribution in [3.8, 4) is 0 Å². The van der Waals surface area contributed by atoms with Gasteiger partial charge in [0.1, 0.15) is 17.1 Å². The Morgan fingerprint density at radius 2 is 2.04 bits per heavy atom. The Balaban J connectivity index is 1.69. The van der Waals surface area contributed by atoms with E-state index in [1.165, 1.54) is 11.3 Å². The Labute approximate surface area is 163 Å². The molecule has 8 nitrogen and oxygen atoms in total. The zero-order valence-electron chi connectivity index (χ0n) is 16.5. The summed E-state index contributed by atoms with van der Waals surface area (Å²) in [5, 5.41) is 14.7. The summed E-state index contributed by atoms with van der Waals surface area (Å²) in [6.45, 7) is 9.98. The maximum atomic E-state index is 13.0. The molecule has 9 heteroatoms. The van der Waals surface area contributed by atoms with E-state index < -0.39 is 17.5 Å². The predicted molar refractivity (Wildman–Crippen MR) is 102 cm³/mol. The minimum atomic E-state index is -0.897. The van der Waals surface area contributed by atoms with Gasteiger partial charge in [-0.1, -0.05) is 46.0 Å². The second-order valence-corrected chi connectivity index (χ2v) is 9.92. The third-order valence-electron chi connectivity index (χ3n) is 5.11. The van der Waals surface area contributed by atoms with Crippen LogP contribution >= 0.6 is 11.3 Å². The smallest absolute Gasteiger partial charge is 0.323 e. The second-order valence-electron chi connectivity index (χ2n) is 8.91. The summed E-state index contributed by atoms with van der Waals surface area (Å²) >= 11 is 1.29. The van der Waals surface area contributed by atoms with Crippen LogP contribution in [0.15, 0.2) is 0 Å². The van der Waals surface area contributed by atoms with E-state index in [0.717, 1.165) is 16.3 Å². The number of aromatic nitrogens is 2. The van der Waals surface area contributed by atoms with E-state index in [0.29, 0.717) is 23.9 Å². The van der Waals surface area contributed by atoms with Crippen LogP contribution in [0.25, 0.3) is 0 Å². The fourth-order valence-electron chi connectivity index (χ4n) is 4.47. The lowest BCUT2D eigenvalue weighted by Crippen LogP contribution is -2.54. The molecule has 2 fully saturated rings. The Morgan fingerprint density at radius 3 is 2.63 bits per heavy atom. The molecule has 0 aromatic carbocycles. The van der Waals surface area contributed by atoms with E-state index in [-0.39, 0.29) is 23.8 Å². The molecule has 2 atom stereocenters. The lowest BCUT2D eigenvalue weighted by molar-refractivity contribution is -0.136. The van der Waals surface area contributed by atoms with Gasteiger partial charge in [-0.05, 0) is 30.6 Å². The van der Waals surface area contributed by atoms with Crippen molar-refractivity contribution in [1.82, 2.24) is 20.4 Å². The average molecular weight is 394 g/mol. The van der Waals surface area contributed by atoms with Crippen LogP contribution < -0.4 is 10.6 Å². The van der Waals surface area contributed by atoms with Gasteiger partial charge in [0.05, 0.1) is 0 Å². The number of hydrogen-bond donors (Lipinski definition) is 2. The van der Waals surface area contributed by atoms with Crippen molar-refractivity contribution in [2.24, 2.45) is 11.3 Å². The van der Waals surface area contributed by atoms with Gasteiger partial charge < -0.3 is 5.32 Å². The molecule has 4 amide bonds. The zero-order chi connectivity index (χ0) is 20.0. The summed E-state index contributed by atoms with van der Waals surface area (Å²) < 4.78 is 0. The molecule has 0 bridgehead atoms. The molecule has 148 valence electrons. The van der Waals surface area contributed by atoms with Crippen molar-refractivity contribution in [3.05, 3.63) is 5.01 Å². The summed E-state index contributed by atoms with van der Waals surface area (Å²) in [6, 6.07) is -0.500. The number of amides is 4. The molecule has 3 rings (SSSR count). The van der Waals surface area contributed by atoms with Crippen molar-refractivity contribution in [2.45, 2.75) is 65.3 Å². The molecule has 0 radical (unpaired) electrons. The maximum Gasteiger partial charge on any atom is 0.325 e. The number of anilines is 1. The standard InChI is InChI=1S/C18H27N5O3S/c1-10(2)13-21-22-15(27-13)19-12(24)8-23-14(25)18(20-16(23)26)7-11(3)6-17(4,5)9-18/h10-11H,6-9H2,1-5H3,(H,20,26)(H,19,22,24). The molecule has 27 heavy (non-hydrogen) atoms. The Kier molecular flexibility index (Phi) is 5.00. The fourth-order valence-corrected chi connectivity index (χ4v) is 5.23. The van der Waals surface area contributed by atoms with Crippen molar-refractivity contribution in [1.29, 1.82) is 0 Å². The van der Waals surface area contributed by atoms with Crippen LogP contribution in [0, 0.1) is 11.3 Å². The number of hydrogen-bond acceptors (Lipinski definition) is 6. The predicted octanol–water partition coefficient (Wildman–Crippen LogP) is 2.74. The fraction of sp³-hybridized carbons (Fsp3) is 0.722. The SMILES string of the molecule is CC1CC(C)(C)CC2(C1)NC(=O)N(CC(=O)Nc1nnc(C(C)C)s1)C2=O. The molecule has 1 aliphatic heterocycles. The number of carbonyl (C=O) groups is 3. The minimum absolute atomic E-state index is 0.0430. The van der Waals surface area contributed by atoms with Gasteiger partial charge in [0.2, 0.25) is 11.0 Å². The van der Waals surface area contributed by atoms with Gasteiger partial charge in [-0.2, -0.15) is 0 Å². The number of urea groups is 1. The third kappa shape index (κ3) is 3.97. The van der Waals surface area contributed by atoms with Crippen LogP contribution in [0.3, 0.4) is 0 Å². The first kappa shape index (κ1) is 19.7. The lowest BCUT2D eigenvalue weighted by Gasteiger charge is -2.43. The van der Waals surface area contributed by atoms with Crippen LogP contribution in [0.5, 0.6) is 0 Å². The van der Waals surface area contributed by atoms with Crippen LogP contribution in [0.1, 0.15) is 64.8 Å². The van der Waals surface area contributed by atoms with E-state index in [2.05, 4.69) is 41.6 Å². The monoisotopic (exact) mass is 393 g/mol. The van der Waals surface area contributed by atoms with E-state index in [4.69, 9.17) is 0 Å². The van der Waals surface area contributed by atoms with Crippen molar-refractivity contribution < 1.29 is 14.4 Å². The molecule has 1 aromatic rings. The highest BCUT2D eigenvalue weighted by Crippen LogP contribution is 2.46. The molecule has 1 spiro atoms. The number of imide groups is 1. The van der Waals surface area contributed by atoms with Crippen LogP contribution in [-0.2, 0) is 9.59 Å². The largest absolute Gasteiger partial charge is 0.325 e. The summed E-state index contributed by atoms with van der Waals surface area (Å²) in [6.07, 6.45) is 2.20. The second kappa shape index (κ2) is 6.85. The van der Waals surface area contributed by atoms with Crippen molar-refractivity contribution >= 4 is 34.3 Å². The molecule has 1 aliphatic carbocycles. The summed E-state index contributed by atoms with van der Waals surface area (Å²) in [7, 11) is 0.